The van der Waals surface area contributed by atoms with E-state index in [1.54, 1.807) is 27.6 Å². The van der Waals surface area contributed by atoms with Gasteiger partial charge in [0.05, 0.1) is 20.5 Å². The van der Waals surface area contributed by atoms with Crippen molar-refractivity contribution in [3.05, 3.63) is 50.9 Å². The van der Waals surface area contributed by atoms with E-state index in [2.05, 4.69) is 9.88 Å². The van der Waals surface area contributed by atoms with Crippen molar-refractivity contribution in [2.45, 2.75) is 25.4 Å². The number of aryl methyl sites for hydroxylation is 1. The van der Waals surface area contributed by atoms with Crippen LogP contribution in [0.1, 0.15) is 24.4 Å². The van der Waals surface area contributed by atoms with Crippen molar-refractivity contribution in [3.8, 4) is 11.5 Å². The molecule has 0 N–H and O–H groups in total. The summed E-state index contributed by atoms with van der Waals surface area (Å²) in [7, 11) is 6.47. The number of fused-ring (bicyclic) bond motifs is 1. The number of benzene rings is 1. The van der Waals surface area contributed by atoms with E-state index in [1.165, 1.54) is 11.6 Å². The number of imidazole rings is 1. The maximum absolute atomic E-state index is 12.7. The highest BCUT2D eigenvalue weighted by Gasteiger charge is 2.28. The lowest BCUT2D eigenvalue weighted by Crippen LogP contribution is -2.38. The van der Waals surface area contributed by atoms with Crippen LogP contribution in [0.3, 0.4) is 0 Å². The van der Waals surface area contributed by atoms with E-state index >= 15 is 0 Å². The number of likely N-dealkylation sites (tertiary alicyclic amines) is 1. The topological polar surface area (TPSA) is 83.5 Å². The number of rotatable bonds is 6. The highest BCUT2D eigenvalue weighted by molar-refractivity contribution is 5.69. The molecule has 0 saturated carbocycles. The molecule has 1 aromatic carbocycles. The van der Waals surface area contributed by atoms with Gasteiger partial charge in [-0.2, -0.15) is 0 Å². The summed E-state index contributed by atoms with van der Waals surface area (Å²) < 4.78 is 15.4. The Morgan fingerprint density at radius 3 is 2.63 bits per heavy atom. The standard InChI is InChI=1S/C21H27N5O4/c1-23-19-18(20(27)24(2)21(23)28)26(13-22-19)11-10-25-9-5-6-16(25)15-12-14(29-3)7-8-17(15)30-4/h7-8,12-13,16H,5-6,9-11H2,1-4H3. The predicted octanol–water partition coefficient (Wildman–Crippen LogP) is 1.29. The van der Waals surface area contributed by atoms with E-state index in [9.17, 15) is 9.59 Å². The molecule has 9 heteroatoms. The Bertz CT molecular complexity index is 1190. The summed E-state index contributed by atoms with van der Waals surface area (Å²) >= 11 is 0. The Kier molecular flexibility index (Phi) is 5.38. The molecule has 4 rings (SSSR count). The Hall–Kier alpha value is -3.07. The fourth-order valence-electron chi connectivity index (χ4n) is 4.35. The SMILES string of the molecule is COc1ccc(OC)c(C2CCCN2CCn2cnc3c2c(=O)n(C)c(=O)n3C)c1. The molecular formula is C21H27N5O4. The lowest BCUT2D eigenvalue weighted by atomic mass is 10.0. The molecule has 0 bridgehead atoms. The van der Waals surface area contributed by atoms with Gasteiger partial charge in [-0.15, -0.1) is 0 Å². The lowest BCUT2D eigenvalue weighted by molar-refractivity contribution is 0.242. The van der Waals surface area contributed by atoms with Gasteiger partial charge in [0.25, 0.3) is 5.56 Å². The number of aromatic nitrogens is 4. The number of ether oxygens (including phenoxy) is 2. The van der Waals surface area contributed by atoms with Gasteiger partial charge in [-0.1, -0.05) is 0 Å². The van der Waals surface area contributed by atoms with E-state index in [0.717, 1.165) is 47.6 Å². The van der Waals surface area contributed by atoms with Gasteiger partial charge in [0.15, 0.2) is 11.2 Å². The zero-order valence-corrected chi connectivity index (χ0v) is 17.8. The van der Waals surface area contributed by atoms with Gasteiger partial charge in [0.1, 0.15) is 11.5 Å². The number of hydrogen-bond donors (Lipinski definition) is 0. The molecule has 0 spiro atoms. The molecule has 2 aromatic heterocycles. The molecule has 160 valence electrons. The lowest BCUT2D eigenvalue weighted by Gasteiger charge is -2.26. The summed E-state index contributed by atoms with van der Waals surface area (Å²) in [4.78, 5) is 31.5. The minimum atomic E-state index is -0.373. The highest BCUT2D eigenvalue weighted by Crippen LogP contribution is 2.38. The van der Waals surface area contributed by atoms with Crippen LogP contribution in [-0.2, 0) is 20.6 Å². The minimum Gasteiger partial charge on any atom is -0.497 e. The molecule has 30 heavy (non-hydrogen) atoms. The maximum Gasteiger partial charge on any atom is 0.332 e. The van der Waals surface area contributed by atoms with Crippen LogP contribution in [0.15, 0.2) is 34.1 Å². The van der Waals surface area contributed by atoms with E-state index in [-0.39, 0.29) is 17.3 Å². The van der Waals surface area contributed by atoms with Gasteiger partial charge in [0, 0.05) is 38.8 Å². The Morgan fingerprint density at radius 1 is 1.10 bits per heavy atom. The molecule has 1 unspecified atom stereocenters. The molecule has 1 fully saturated rings. The van der Waals surface area contributed by atoms with Crippen LogP contribution in [0.25, 0.3) is 11.2 Å². The molecule has 3 aromatic rings. The van der Waals surface area contributed by atoms with Crippen molar-refractivity contribution in [3.63, 3.8) is 0 Å². The monoisotopic (exact) mass is 413 g/mol. The molecular weight excluding hydrogens is 386 g/mol. The molecule has 0 radical (unpaired) electrons. The van der Waals surface area contributed by atoms with Crippen LogP contribution >= 0.6 is 0 Å². The van der Waals surface area contributed by atoms with E-state index < -0.39 is 0 Å². The second-order valence-corrected chi connectivity index (χ2v) is 7.62. The molecule has 1 aliphatic rings. The van der Waals surface area contributed by atoms with Crippen molar-refractivity contribution >= 4 is 11.2 Å². The van der Waals surface area contributed by atoms with E-state index in [4.69, 9.17) is 9.47 Å². The predicted molar refractivity (Wildman–Crippen MR) is 113 cm³/mol. The van der Waals surface area contributed by atoms with E-state index in [1.807, 2.05) is 22.8 Å². The fourth-order valence-corrected chi connectivity index (χ4v) is 4.35. The largest absolute Gasteiger partial charge is 0.497 e. The molecule has 0 amide bonds. The smallest absolute Gasteiger partial charge is 0.332 e. The molecule has 3 heterocycles. The average Bonchev–Trinajstić information content (AvgIpc) is 3.41. The fraction of sp³-hybridized carbons (Fsp3) is 0.476. The first kappa shape index (κ1) is 20.2. The van der Waals surface area contributed by atoms with Crippen LogP contribution in [0.4, 0.5) is 0 Å². The van der Waals surface area contributed by atoms with Crippen molar-refractivity contribution < 1.29 is 9.47 Å². The summed E-state index contributed by atoms with van der Waals surface area (Å²) in [5.74, 6) is 1.66. The van der Waals surface area contributed by atoms with Crippen LogP contribution < -0.4 is 20.7 Å². The van der Waals surface area contributed by atoms with Crippen molar-refractivity contribution in [1.29, 1.82) is 0 Å². The third-order valence-corrected chi connectivity index (χ3v) is 6.00. The molecule has 9 nitrogen and oxygen atoms in total. The zero-order valence-electron chi connectivity index (χ0n) is 17.8. The third kappa shape index (κ3) is 3.28. The Labute approximate surface area is 174 Å². The van der Waals surface area contributed by atoms with Crippen molar-refractivity contribution in [2.24, 2.45) is 14.1 Å². The molecule has 1 saturated heterocycles. The molecule has 0 aliphatic carbocycles. The number of methoxy groups -OCH3 is 2. The van der Waals surface area contributed by atoms with Crippen LogP contribution in [0.2, 0.25) is 0 Å². The number of hydrogen-bond acceptors (Lipinski definition) is 6. The molecule has 1 atom stereocenters. The van der Waals surface area contributed by atoms with Crippen molar-refractivity contribution in [2.75, 3.05) is 27.3 Å². The van der Waals surface area contributed by atoms with Gasteiger partial charge in [0.2, 0.25) is 0 Å². The summed E-state index contributed by atoms with van der Waals surface area (Å²) in [5, 5.41) is 0. The van der Waals surface area contributed by atoms with Gasteiger partial charge in [-0.05, 0) is 37.6 Å². The van der Waals surface area contributed by atoms with Gasteiger partial charge in [-0.3, -0.25) is 18.8 Å². The summed E-state index contributed by atoms with van der Waals surface area (Å²) in [6.45, 7) is 2.32. The summed E-state index contributed by atoms with van der Waals surface area (Å²) in [6, 6.07) is 6.11. The van der Waals surface area contributed by atoms with Crippen molar-refractivity contribution in [1.82, 2.24) is 23.6 Å². The summed E-state index contributed by atoms with van der Waals surface area (Å²) in [5.41, 5.74) is 1.29. The second-order valence-electron chi connectivity index (χ2n) is 7.62. The van der Waals surface area contributed by atoms with Gasteiger partial charge < -0.3 is 14.0 Å². The van der Waals surface area contributed by atoms with E-state index in [0.29, 0.717) is 17.7 Å². The van der Waals surface area contributed by atoms with Gasteiger partial charge in [-0.25, -0.2) is 9.78 Å². The zero-order chi connectivity index (χ0) is 21.4. The highest BCUT2D eigenvalue weighted by atomic mass is 16.5. The van der Waals surface area contributed by atoms with Crippen LogP contribution in [0, 0.1) is 0 Å². The third-order valence-electron chi connectivity index (χ3n) is 6.00. The van der Waals surface area contributed by atoms with Crippen LogP contribution in [-0.4, -0.2) is 50.9 Å². The first-order valence-electron chi connectivity index (χ1n) is 10.0. The molecule has 1 aliphatic heterocycles. The summed E-state index contributed by atoms with van der Waals surface area (Å²) in [6.07, 6.45) is 3.76. The first-order valence-corrected chi connectivity index (χ1v) is 10.0. The Morgan fingerprint density at radius 2 is 1.90 bits per heavy atom. The van der Waals surface area contributed by atoms with Crippen LogP contribution in [0.5, 0.6) is 11.5 Å². The first-order chi connectivity index (χ1) is 14.5. The minimum absolute atomic E-state index is 0.219. The number of nitrogens with zero attached hydrogens (tertiary/aromatic N) is 5. The average molecular weight is 413 g/mol. The van der Waals surface area contributed by atoms with Gasteiger partial charge >= 0.3 is 5.69 Å². The Balaban J connectivity index is 1.62. The quantitative estimate of drug-likeness (QED) is 0.606. The second kappa shape index (κ2) is 7.98. The maximum atomic E-state index is 12.7. The normalized spacial score (nSPS) is 17.0.